The van der Waals surface area contributed by atoms with Gasteiger partial charge in [0, 0.05) is 24.2 Å². The highest BCUT2D eigenvalue weighted by atomic mass is 19.4. The summed E-state index contributed by atoms with van der Waals surface area (Å²) in [6.45, 7) is 3.86. The predicted molar refractivity (Wildman–Crippen MR) is 118 cm³/mol. The molecule has 2 heterocycles. The Morgan fingerprint density at radius 3 is 2.66 bits per heavy atom. The number of nitrogens with zero attached hydrogens (tertiary/aromatic N) is 2. The van der Waals surface area contributed by atoms with Crippen LogP contribution in [0.3, 0.4) is 0 Å². The van der Waals surface area contributed by atoms with Gasteiger partial charge < -0.3 is 15.0 Å². The molecule has 1 amide bonds. The molecule has 0 radical (unpaired) electrons. The van der Waals surface area contributed by atoms with Gasteiger partial charge in [0.2, 0.25) is 0 Å². The SMILES string of the molecule is CC1CCCN(c2ccc3cccc(OCC(=O)Nc4ccc(C(F)(F)F)cc4)c3n2)C1. The summed E-state index contributed by atoms with van der Waals surface area (Å²) >= 11 is 0. The van der Waals surface area contributed by atoms with Crippen molar-refractivity contribution in [3.05, 3.63) is 60.2 Å². The fraction of sp³-hybridized carbons (Fsp3) is 0.333. The molecule has 1 aliphatic rings. The molecule has 168 valence electrons. The number of rotatable bonds is 5. The molecule has 8 heteroatoms. The summed E-state index contributed by atoms with van der Waals surface area (Å²) in [6.07, 6.45) is -2.08. The van der Waals surface area contributed by atoms with E-state index >= 15 is 0 Å². The third-order valence-electron chi connectivity index (χ3n) is 5.50. The predicted octanol–water partition coefficient (Wildman–Crippen LogP) is 5.51. The molecular weight excluding hydrogens is 419 g/mol. The lowest BCUT2D eigenvalue weighted by atomic mass is 10.0. The van der Waals surface area contributed by atoms with Crippen LogP contribution in [0.15, 0.2) is 54.6 Å². The zero-order valence-corrected chi connectivity index (χ0v) is 17.7. The molecule has 1 aromatic heterocycles. The maximum atomic E-state index is 12.7. The lowest BCUT2D eigenvalue weighted by molar-refractivity contribution is -0.137. The van der Waals surface area contributed by atoms with Gasteiger partial charge in [-0.15, -0.1) is 0 Å². The van der Waals surface area contributed by atoms with E-state index in [0.717, 1.165) is 42.8 Å². The Morgan fingerprint density at radius 1 is 1.16 bits per heavy atom. The second-order valence-electron chi connectivity index (χ2n) is 8.10. The number of anilines is 2. The van der Waals surface area contributed by atoms with E-state index in [1.54, 1.807) is 6.07 Å². The average molecular weight is 443 g/mol. The van der Waals surface area contributed by atoms with Crippen LogP contribution >= 0.6 is 0 Å². The molecule has 0 aliphatic carbocycles. The van der Waals surface area contributed by atoms with Crippen LogP contribution in [0.5, 0.6) is 5.75 Å². The smallest absolute Gasteiger partial charge is 0.416 e. The van der Waals surface area contributed by atoms with Gasteiger partial charge in [0.25, 0.3) is 5.91 Å². The number of alkyl halides is 3. The zero-order chi connectivity index (χ0) is 22.7. The van der Waals surface area contributed by atoms with Gasteiger partial charge in [0.05, 0.1) is 5.56 Å². The Morgan fingerprint density at radius 2 is 1.94 bits per heavy atom. The third-order valence-corrected chi connectivity index (χ3v) is 5.50. The molecule has 1 atom stereocenters. The van der Waals surface area contributed by atoms with Crippen molar-refractivity contribution in [3.8, 4) is 5.75 Å². The maximum absolute atomic E-state index is 12.7. The first-order valence-electron chi connectivity index (χ1n) is 10.5. The topological polar surface area (TPSA) is 54.5 Å². The Hall–Kier alpha value is -3.29. The quantitative estimate of drug-likeness (QED) is 0.565. The van der Waals surface area contributed by atoms with E-state index in [-0.39, 0.29) is 12.3 Å². The van der Waals surface area contributed by atoms with Crippen molar-refractivity contribution >= 4 is 28.3 Å². The van der Waals surface area contributed by atoms with Crippen LogP contribution in [0.25, 0.3) is 10.9 Å². The fourth-order valence-electron chi connectivity index (χ4n) is 3.88. The van der Waals surface area contributed by atoms with E-state index in [2.05, 4.69) is 17.1 Å². The Kier molecular flexibility index (Phi) is 6.21. The van der Waals surface area contributed by atoms with E-state index in [1.807, 2.05) is 24.3 Å². The van der Waals surface area contributed by atoms with Crippen molar-refractivity contribution in [2.45, 2.75) is 25.9 Å². The molecule has 0 spiro atoms. The molecule has 32 heavy (non-hydrogen) atoms. The summed E-state index contributed by atoms with van der Waals surface area (Å²) in [5.74, 6) is 1.51. The minimum Gasteiger partial charge on any atom is -0.481 e. The van der Waals surface area contributed by atoms with Gasteiger partial charge >= 0.3 is 6.18 Å². The van der Waals surface area contributed by atoms with Gasteiger partial charge in [0.15, 0.2) is 6.61 Å². The number of hydrogen-bond acceptors (Lipinski definition) is 4. The normalized spacial score (nSPS) is 16.8. The molecule has 1 saturated heterocycles. The molecular formula is C24H24F3N3O2. The number of amides is 1. The van der Waals surface area contributed by atoms with E-state index in [1.165, 1.54) is 18.6 Å². The molecule has 1 N–H and O–H groups in total. The summed E-state index contributed by atoms with van der Waals surface area (Å²) in [4.78, 5) is 19.3. The first kappa shape index (κ1) is 21.9. The number of para-hydroxylation sites is 1. The number of benzene rings is 2. The lowest BCUT2D eigenvalue weighted by Gasteiger charge is -2.32. The second-order valence-corrected chi connectivity index (χ2v) is 8.10. The summed E-state index contributed by atoms with van der Waals surface area (Å²) in [6, 6.07) is 13.8. The molecule has 4 rings (SSSR count). The molecule has 3 aromatic rings. The van der Waals surface area contributed by atoms with Crippen LogP contribution < -0.4 is 15.0 Å². The monoisotopic (exact) mass is 443 g/mol. The number of carbonyl (C=O) groups excluding carboxylic acids is 1. The average Bonchev–Trinajstić information content (AvgIpc) is 2.77. The Bertz CT molecular complexity index is 1100. The minimum atomic E-state index is -4.42. The molecule has 5 nitrogen and oxygen atoms in total. The Balaban J connectivity index is 1.44. The van der Waals surface area contributed by atoms with E-state index < -0.39 is 17.6 Å². The molecule has 1 unspecified atom stereocenters. The van der Waals surface area contributed by atoms with Gasteiger partial charge in [-0.2, -0.15) is 13.2 Å². The lowest BCUT2D eigenvalue weighted by Crippen LogP contribution is -2.34. The number of hydrogen-bond donors (Lipinski definition) is 1. The van der Waals surface area contributed by atoms with Crippen LogP contribution in [-0.2, 0) is 11.0 Å². The highest BCUT2D eigenvalue weighted by Crippen LogP contribution is 2.30. The van der Waals surface area contributed by atoms with Gasteiger partial charge in [-0.1, -0.05) is 19.1 Å². The number of ether oxygens (including phenoxy) is 1. The van der Waals surface area contributed by atoms with Gasteiger partial charge in [-0.25, -0.2) is 4.98 Å². The van der Waals surface area contributed by atoms with E-state index in [4.69, 9.17) is 9.72 Å². The molecule has 1 fully saturated rings. The van der Waals surface area contributed by atoms with E-state index in [9.17, 15) is 18.0 Å². The minimum absolute atomic E-state index is 0.268. The summed E-state index contributed by atoms with van der Waals surface area (Å²) in [7, 11) is 0. The van der Waals surface area contributed by atoms with Crippen molar-refractivity contribution < 1.29 is 22.7 Å². The number of pyridine rings is 1. The van der Waals surface area contributed by atoms with Crippen molar-refractivity contribution in [3.63, 3.8) is 0 Å². The number of piperidine rings is 1. The largest absolute Gasteiger partial charge is 0.481 e. The van der Waals surface area contributed by atoms with E-state index in [0.29, 0.717) is 17.2 Å². The Labute approximate surface area is 184 Å². The van der Waals surface area contributed by atoms with Crippen LogP contribution in [-0.4, -0.2) is 30.6 Å². The summed E-state index contributed by atoms with van der Waals surface area (Å²) in [5.41, 5.74) is 0.169. The van der Waals surface area contributed by atoms with Crippen LogP contribution in [0.1, 0.15) is 25.3 Å². The van der Waals surface area contributed by atoms with Crippen molar-refractivity contribution in [1.82, 2.24) is 4.98 Å². The van der Waals surface area contributed by atoms with Crippen LogP contribution in [0, 0.1) is 5.92 Å². The van der Waals surface area contributed by atoms with Crippen LogP contribution in [0.2, 0.25) is 0 Å². The van der Waals surface area contributed by atoms with Gasteiger partial charge in [0.1, 0.15) is 17.1 Å². The van der Waals surface area contributed by atoms with Crippen molar-refractivity contribution in [1.29, 1.82) is 0 Å². The van der Waals surface area contributed by atoms with Crippen molar-refractivity contribution in [2.24, 2.45) is 5.92 Å². The number of halogens is 3. The first-order chi connectivity index (χ1) is 15.3. The number of aromatic nitrogens is 1. The molecule has 0 saturated carbocycles. The number of nitrogens with one attached hydrogen (secondary N) is 1. The van der Waals surface area contributed by atoms with Crippen LogP contribution in [0.4, 0.5) is 24.7 Å². The zero-order valence-electron chi connectivity index (χ0n) is 17.7. The summed E-state index contributed by atoms with van der Waals surface area (Å²) in [5, 5.41) is 3.45. The first-order valence-corrected chi connectivity index (χ1v) is 10.5. The fourth-order valence-corrected chi connectivity index (χ4v) is 3.88. The molecule has 2 aromatic carbocycles. The van der Waals surface area contributed by atoms with Gasteiger partial charge in [-0.05, 0) is 61.2 Å². The standard InChI is InChI=1S/C24H24F3N3O2/c1-16-4-3-13-30(14-16)21-12-7-17-5-2-6-20(23(17)29-21)32-15-22(31)28-19-10-8-18(9-11-19)24(25,26)27/h2,5-12,16H,3-4,13-15H2,1H3,(H,28,31). The third kappa shape index (κ3) is 5.12. The molecule has 0 bridgehead atoms. The highest BCUT2D eigenvalue weighted by molar-refractivity contribution is 5.92. The molecule has 1 aliphatic heterocycles. The van der Waals surface area contributed by atoms with Crippen molar-refractivity contribution in [2.75, 3.05) is 29.9 Å². The summed E-state index contributed by atoms with van der Waals surface area (Å²) < 4.78 is 43.7. The van der Waals surface area contributed by atoms with Gasteiger partial charge in [-0.3, -0.25) is 4.79 Å². The highest BCUT2D eigenvalue weighted by Gasteiger charge is 2.30. The maximum Gasteiger partial charge on any atom is 0.416 e. The number of fused-ring (bicyclic) bond motifs is 1. The number of carbonyl (C=O) groups is 1. The second kappa shape index (κ2) is 9.06.